The van der Waals surface area contributed by atoms with Gasteiger partial charge < -0.3 is 0 Å². The molecule has 0 radical (unpaired) electrons. The molecule has 1 aliphatic rings. The molecule has 1 heterocycles. The molecule has 0 aromatic carbocycles. The molecule has 1 aliphatic heterocycles. The summed E-state index contributed by atoms with van der Waals surface area (Å²) in [5.41, 5.74) is 0. The number of nitrogens with zero attached hydrogens (tertiary/aromatic N) is 1. The van der Waals surface area contributed by atoms with Crippen molar-refractivity contribution in [2.75, 3.05) is 0 Å². The van der Waals surface area contributed by atoms with Crippen molar-refractivity contribution in [2.45, 2.75) is 6.42 Å². The zero-order valence-electron chi connectivity index (χ0n) is 2.89. The van der Waals surface area contributed by atoms with Crippen LogP contribution in [0.15, 0.2) is 17.3 Å². The summed E-state index contributed by atoms with van der Waals surface area (Å²) in [6.45, 7) is 0. The van der Waals surface area contributed by atoms with Crippen molar-refractivity contribution >= 4 is 25.1 Å². The van der Waals surface area contributed by atoms with Gasteiger partial charge in [0.25, 0.3) is 0 Å². The molecule has 0 bridgehead atoms. The fourth-order valence-corrected chi connectivity index (χ4v) is 0.304. The van der Waals surface area contributed by atoms with E-state index >= 15 is 0 Å². The van der Waals surface area contributed by atoms with Gasteiger partial charge in [0, 0.05) is 18.8 Å². The Hall–Kier alpha value is 0.00740. The second-order valence-electron chi connectivity index (χ2n) is 0.952. The molecular formula is C4H6LiN. The van der Waals surface area contributed by atoms with Crippen molar-refractivity contribution in [3.63, 3.8) is 0 Å². The predicted molar refractivity (Wildman–Crippen MR) is 29.4 cm³/mol. The van der Waals surface area contributed by atoms with Crippen LogP contribution in [0.1, 0.15) is 6.42 Å². The van der Waals surface area contributed by atoms with Crippen molar-refractivity contribution in [2.24, 2.45) is 4.99 Å². The second-order valence-corrected chi connectivity index (χ2v) is 0.952. The SMILES string of the molecule is C1=CN=CC1.[LiH]. The normalized spacial score (nSPS) is 14.7. The summed E-state index contributed by atoms with van der Waals surface area (Å²) in [6, 6.07) is 0. The Bertz CT molecular complexity index is 65.6. The summed E-state index contributed by atoms with van der Waals surface area (Å²) < 4.78 is 0. The van der Waals surface area contributed by atoms with Gasteiger partial charge in [-0.1, -0.05) is 6.08 Å². The molecule has 0 fully saturated rings. The van der Waals surface area contributed by atoms with Crippen LogP contribution in [-0.4, -0.2) is 25.1 Å². The first kappa shape index (κ1) is 6.01. The Morgan fingerprint density at radius 3 is 2.50 bits per heavy atom. The summed E-state index contributed by atoms with van der Waals surface area (Å²) in [6.07, 6.45) is 6.72. The first-order valence-corrected chi connectivity index (χ1v) is 1.67. The predicted octanol–water partition coefficient (Wildman–Crippen LogP) is 0.326. The fraction of sp³-hybridized carbons (Fsp3) is 0.250. The van der Waals surface area contributed by atoms with Gasteiger partial charge in [0.15, 0.2) is 0 Å². The van der Waals surface area contributed by atoms with Crippen molar-refractivity contribution in [1.29, 1.82) is 0 Å². The van der Waals surface area contributed by atoms with Crippen molar-refractivity contribution < 1.29 is 0 Å². The van der Waals surface area contributed by atoms with Gasteiger partial charge in [-0.25, -0.2) is 0 Å². The summed E-state index contributed by atoms with van der Waals surface area (Å²) in [5.74, 6) is 0. The van der Waals surface area contributed by atoms with Gasteiger partial charge in [0.05, 0.1) is 0 Å². The summed E-state index contributed by atoms with van der Waals surface area (Å²) >= 11 is 0. The van der Waals surface area contributed by atoms with Crippen LogP contribution in [0.25, 0.3) is 0 Å². The Balaban J connectivity index is 0.000000250. The van der Waals surface area contributed by atoms with Gasteiger partial charge in [0.2, 0.25) is 0 Å². The van der Waals surface area contributed by atoms with E-state index in [0.717, 1.165) is 6.42 Å². The zero-order valence-corrected chi connectivity index (χ0v) is 2.89. The summed E-state index contributed by atoms with van der Waals surface area (Å²) in [5, 5.41) is 0. The standard InChI is InChI=1S/C4H5N.Li.H/c1-2-4-5-3-1;;/h1,3-4H,2H2;;. The summed E-state index contributed by atoms with van der Waals surface area (Å²) in [7, 11) is 0. The van der Waals surface area contributed by atoms with Gasteiger partial charge in [-0.15, -0.1) is 0 Å². The molecule has 0 aliphatic carbocycles. The van der Waals surface area contributed by atoms with Gasteiger partial charge in [0.1, 0.15) is 0 Å². The van der Waals surface area contributed by atoms with Gasteiger partial charge in [-0.2, -0.15) is 0 Å². The number of hydrogen-bond donors (Lipinski definition) is 0. The first-order valence-electron chi connectivity index (χ1n) is 1.67. The minimum absolute atomic E-state index is 0. The van der Waals surface area contributed by atoms with Crippen LogP contribution in [0.2, 0.25) is 0 Å². The Kier molecular flexibility index (Phi) is 3.21. The van der Waals surface area contributed by atoms with Crippen LogP contribution in [0.3, 0.4) is 0 Å². The van der Waals surface area contributed by atoms with Crippen molar-refractivity contribution in [3.05, 3.63) is 12.3 Å². The fourth-order valence-electron chi connectivity index (χ4n) is 0.304. The minimum atomic E-state index is 0. The Morgan fingerprint density at radius 1 is 1.50 bits per heavy atom. The number of aliphatic imine (C=N–C) groups is 1. The van der Waals surface area contributed by atoms with E-state index < -0.39 is 0 Å². The van der Waals surface area contributed by atoms with Gasteiger partial charge >= 0.3 is 18.9 Å². The van der Waals surface area contributed by atoms with Gasteiger partial charge in [-0.3, -0.25) is 4.99 Å². The third-order valence-corrected chi connectivity index (χ3v) is 0.538. The third-order valence-electron chi connectivity index (χ3n) is 0.538. The molecule has 0 atom stereocenters. The van der Waals surface area contributed by atoms with Crippen LogP contribution >= 0.6 is 0 Å². The molecule has 28 valence electrons. The van der Waals surface area contributed by atoms with Crippen LogP contribution in [-0.2, 0) is 0 Å². The number of rotatable bonds is 0. The van der Waals surface area contributed by atoms with Crippen molar-refractivity contribution in [3.8, 4) is 0 Å². The molecule has 0 saturated carbocycles. The summed E-state index contributed by atoms with van der Waals surface area (Å²) in [4.78, 5) is 3.78. The Morgan fingerprint density at radius 2 is 2.33 bits per heavy atom. The Labute approximate surface area is 49.3 Å². The molecular weight excluding hydrogens is 69.0 g/mol. The average Bonchev–Trinajstić information content (AvgIpc) is 1.76. The van der Waals surface area contributed by atoms with Crippen LogP contribution in [0, 0.1) is 0 Å². The molecule has 0 unspecified atom stereocenters. The van der Waals surface area contributed by atoms with Crippen molar-refractivity contribution in [1.82, 2.24) is 0 Å². The molecule has 0 N–H and O–H groups in total. The number of allylic oxidation sites excluding steroid dienone is 1. The molecule has 1 nitrogen and oxygen atoms in total. The van der Waals surface area contributed by atoms with Crippen LogP contribution in [0.5, 0.6) is 0 Å². The monoisotopic (exact) mass is 75.1 g/mol. The van der Waals surface area contributed by atoms with E-state index in [4.69, 9.17) is 0 Å². The molecule has 1 rings (SSSR count). The topological polar surface area (TPSA) is 12.4 Å². The molecule has 0 spiro atoms. The molecule has 2 heteroatoms. The quantitative estimate of drug-likeness (QED) is 0.368. The molecule has 0 aromatic heterocycles. The van der Waals surface area contributed by atoms with E-state index in [-0.39, 0.29) is 18.9 Å². The van der Waals surface area contributed by atoms with Crippen LogP contribution in [0.4, 0.5) is 0 Å². The van der Waals surface area contributed by atoms with Crippen LogP contribution < -0.4 is 0 Å². The zero-order chi connectivity index (χ0) is 3.54. The molecule has 0 saturated heterocycles. The molecule has 6 heavy (non-hydrogen) atoms. The van der Waals surface area contributed by atoms with E-state index in [2.05, 4.69) is 4.99 Å². The van der Waals surface area contributed by atoms with E-state index in [1.165, 1.54) is 0 Å². The number of hydrogen-bond acceptors (Lipinski definition) is 1. The van der Waals surface area contributed by atoms with E-state index in [1.54, 1.807) is 6.20 Å². The maximum atomic E-state index is 3.78. The van der Waals surface area contributed by atoms with E-state index in [1.807, 2.05) is 12.3 Å². The maximum absolute atomic E-state index is 3.78. The van der Waals surface area contributed by atoms with E-state index in [9.17, 15) is 0 Å². The first-order chi connectivity index (χ1) is 2.50. The average molecular weight is 75.0 g/mol. The molecule has 0 aromatic rings. The second kappa shape index (κ2) is 3.21. The molecule has 0 amide bonds. The van der Waals surface area contributed by atoms with Gasteiger partial charge in [-0.05, 0) is 0 Å². The third kappa shape index (κ3) is 1.45. The van der Waals surface area contributed by atoms with E-state index in [0.29, 0.717) is 0 Å².